The van der Waals surface area contributed by atoms with Gasteiger partial charge in [0.05, 0.1) is 72.0 Å². The van der Waals surface area contributed by atoms with Crippen molar-refractivity contribution in [1.29, 1.82) is 0 Å². The predicted molar refractivity (Wildman–Crippen MR) is 212 cm³/mol. The Morgan fingerprint density at radius 2 is 1.56 bits per heavy atom. The highest BCUT2D eigenvalue weighted by atomic mass is 16.7. The van der Waals surface area contributed by atoms with Crippen molar-refractivity contribution in [2.24, 2.45) is 5.16 Å². The highest BCUT2D eigenvalue weighted by molar-refractivity contribution is 6.27. The number of pyridine rings is 2. The zero-order chi connectivity index (χ0) is 44.7. The fraction of sp³-hybridized carbons (Fsp3) is 0.256. The van der Waals surface area contributed by atoms with E-state index >= 15 is 0 Å². The number of fused-ring (bicyclic) bond motifs is 8. The summed E-state index contributed by atoms with van der Waals surface area (Å²) in [5.74, 6) is -2.20. The average Bonchev–Trinajstić information content (AvgIpc) is 3.75. The summed E-state index contributed by atoms with van der Waals surface area (Å²) in [6, 6.07) is 9.27. The van der Waals surface area contributed by atoms with Gasteiger partial charge in [-0.1, -0.05) is 12.1 Å². The number of aromatic nitrogens is 2. The van der Waals surface area contributed by atoms with Crippen molar-refractivity contribution >= 4 is 51.3 Å². The summed E-state index contributed by atoms with van der Waals surface area (Å²) >= 11 is 0. The van der Waals surface area contributed by atoms with Gasteiger partial charge in [-0.3, -0.25) is 45.3 Å². The molecular weight excluding hydrogens is 820 g/mol. The number of rotatable bonds is 11. The minimum Gasteiger partial charge on any atom is -0.508 e. The van der Waals surface area contributed by atoms with Crippen LogP contribution in [0, 0.1) is 40.5 Å². The van der Waals surface area contributed by atoms with Gasteiger partial charge in [0.25, 0.3) is 28.3 Å². The van der Waals surface area contributed by atoms with E-state index < -0.39 is 106 Å². The molecule has 2 aromatic heterocycles. The number of cyclic esters (lactones) is 1. The van der Waals surface area contributed by atoms with E-state index in [1.807, 2.05) is 25.1 Å². The van der Waals surface area contributed by atoms with Crippen molar-refractivity contribution in [1.82, 2.24) is 14.5 Å². The Labute approximate surface area is 346 Å². The van der Waals surface area contributed by atoms with Gasteiger partial charge in [-0.2, -0.15) is 0 Å². The number of benzene rings is 3. The SMILES string of the molecule is CC[C@@]1(OC(=O)[C@H](C)ON=C2c3cc([N+](=O)[O-])cc([N+](=O)[O-])c3-c3c2cc([N+](=O)[O-])cc3[N+](=O)[O-])C(=O)OCc2c1cc1n(c2=O)Cc2cc3c(CN(C)C)c(O)ccc3nc2-1. The van der Waals surface area contributed by atoms with E-state index in [2.05, 4.69) is 5.16 Å². The molecule has 0 radical (unpaired) electrons. The highest BCUT2D eigenvalue weighted by Gasteiger charge is 2.51. The number of carbonyl (C=O) groups is 2. The first-order chi connectivity index (χ1) is 29.4. The molecule has 2 atom stereocenters. The maximum Gasteiger partial charge on any atom is 0.355 e. The molecule has 8 rings (SSSR count). The molecule has 0 unspecified atom stereocenters. The Morgan fingerprint density at radius 3 is 2.11 bits per heavy atom. The summed E-state index contributed by atoms with van der Waals surface area (Å²) in [6.07, 6.45) is -2.02. The molecule has 0 saturated heterocycles. The molecule has 0 saturated carbocycles. The fourth-order valence-electron chi connectivity index (χ4n) is 8.03. The van der Waals surface area contributed by atoms with Gasteiger partial charge in [0.1, 0.15) is 18.1 Å². The minimum atomic E-state index is -2.22. The third kappa shape index (κ3) is 6.20. The van der Waals surface area contributed by atoms with Gasteiger partial charge in [-0.05, 0) is 51.7 Å². The van der Waals surface area contributed by atoms with E-state index in [9.17, 15) is 59.9 Å². The second-order valence-corrected chi connectivity index (χ2v) is 14.8. The van der Waals surface area contributed by atoms with Crippen molar-refractivity contribution in [3.8, 4) is 28.3 Å². The molecule has 5 aromatic rings. The largest absolute Gasteiger partial charge is 0.508 e. The average molecular weight is 851 g/mol. The van der Waals surface area contributed by atoms with Gasteiger partial charge in [0, 0.05) is 51.9 Å². The molecule has 2 aliphatic heterocycles. The molecule has 1 N–H and O–H groups in total. The number of aromatic hydroxyl groups is 1. The Hall–Kier alpha value is -8.21. The molecule has 316 valence electrons. The van der Waals surface area contributed by atoms with Crippen LogP contribution in [-0.4, -0.2) is 77.1 Å². The maximum atomic E-state index is 14.1. The number of nitro groups is 4. The smallest absolute Gasteiger partial charge is 0.355 e. The molecule has 62 heavy (non-hydrogen) atoms. The molecule has 4 heterocycles. The number of non-ortho nitro benzene ring substituents is 2. The van der Waals surface area contributed by atoms with Crippen molar-refractivity contribution in [3.05, 3.63) is 133 Å². The van der Waals surface area contributed by atoms with Crippen LogP contribution in [0.15, 0.2) is 58.5 Å². The summed E-state index contributed by atoms with van der Waals surface area (Å²) in [7, 11) is 3.70. The number of esters is 2. The van der Waals surface area contributed by atoms with Gasteiger partial charge in [-0.25, -0.2) is 14.6 Å². The first kappa shape index (κ1) is 40.6. The predicted octanol–water partition coefficient (Wildman–Crippen LogP) is 4.87. The lowest BCUT2D eigenvalue weighted by Crippen LogP contribution is -2.48. The first-order valence-corrected chi connectivity index (χ1v) is 18.5. The van der Waals surface area contributed by atoms with E-state index in [4.69, 9.17) is 19.3 Å². The van der Waals surface area contributed by atoms with Crippen LogP contribution >= 0.6 is 0 Å². The second-order valence-electron chi connectivity index (χ2n) is 14.8. The number of phenolic OH excluding ortho intramolecular Hbond substituents is 1. The standard InChI is InChI=1S/C39H30N8O15/c1-5-39(26-13-30-34-18(14-43(30)36(49)25(26)16-60-38(39)51)8-21-24(15-42(3)4)31(48)7-6-27(21)40-34)61-37(50)17(2)62-41-35-22-9-19(44(52)53)11-28(46(56)57)32(22)33-23(35)10-20(45(54)55)12-29(33)47(58)59/h6-13,17,48H,5,14-16H2,1-4H3/t17-,39-/m0/s1. The van der Waals surface area contributed by atoms with E-state index in [1.165, 1.54) is 23.6 Å². The van der Waals surface area contributed by atoms with Gasteiger partial charge in [0.2, 0.25) is 11.7 Å². The second kappa shape index (κ2) is 14.5. The van der Waals surface area contributed by atoms with Crippen LogP contribution in [0.2, 0.25) is 0 Å². The van der Waals surface area contributed by atoms with Crippen LogP contribution in [0.25, 0.3) is 33.4 Å². The Morgan fingerprint density at radius 1 is 0.952 bits per heavy atom. The Bertz CT molecular complexity index is 2930. The van der Waals surface area contributed by atoms with E-state index in [-0.39, 0.29) is 29.8 Å². The zero-order valence-corrected chi connectivity index (χ0v) is 32.8. The van der Waals surface area contributed by atoms with Gasteiger partial charge in [-0.15, -0.1) is 0 Å². The minimum absolute atomic E-state index is 0.0191. The van der Waals surface area contributed by atoms with E-state index in [0.29, 0.717) is 52.1 Å². The lowest BCUT2D eigenvalue weighted by Gasteiger charge is -2.36. The Balaban J connectivity index is 1.19. The van der Waals surface area contributed by atoms with Crippen LogP contribution in [0.5, 0.6) is 5.75 Å². The molecule has 1 aliphatic carbocycles. The molecule has 0 spiro atoms. The van der Waals surface area contributed by atoms with Crippen molar-refractivity contribution in [3.63, 3.8) is 0 Å². The summed E-state index contributed by atoms with van der Waals surface area (Å²) in [5, 5.41) is 63.2. The number of hydrogen-bond donors (Lipinski definition) is 1. The molecule has 3 aliphatic rings. The number of ether oxygens (including phenoxy) is 2. The number of nitro benzene ring substituents is 4. The molecule has 23 nitrogen and oxygen atoms in total. The lowest BCUT2D eigenvalue weighted by atomic mass is 9.85. The van der Waals surface area contributed by atoms with Crippen LogP contribution in [0.3, 0.4) is 0 Å². The maximum absolute atomic E-state index is 14.1. The van der Waals surface area contributed by atoms with Crippen LogP contribution in [0.1, 0.15) is 53.6 Å². The first-order valence-electron chi connectivity index (χ1n) is 18.5. The van der Waals surface area contributed by atoms with E-state index in [1.54, 1.807) is 6.07 Å². The number of nitrogens with zero attached hydrogens (tertiary/aromatic N) is 8. The van der Waals surface area contributed by atoms with E-state index in [0.717, 1.165) is 19.1 Å². The van der Waals surface area contributed by atoms with Crippen LogP contribution in [-0.2, 0) is 49.2 Å². The molecule has 0 amide bonds. The molecule has 23 heteroatoms. The quantitative estimate of drug-likeness (QED) is 0.103. The molecule has 3 aromatic carbocycles. The van der Waals surface area contributed by atoms with Crippen molar-refractivity contribution in [2.75, 3.05) is 14.1 Å². The number of phenols is 1. The highest BCUT2D eigenvalue weighted by Crippen LogP contribution is 2.50. The summed E-state index contributed by atoms with van der Waals surface area (Å²) in [5.41, 5.74) is -6.23. The monoisotopic (exact) mass is 850 g/mol. The van der Waals surface area contributed by atoms with Crippen LogP contribution < -0.4 is 5.56 Å². The third-order valence-corrected chi connectivity index (χ3v) is 10.9. The third-order valence-electron chi connectivity index (χ3n) is 10.9. The van der Waals surface area contributed by atoms with Crippen molar-refractivity contribution in [2.45, 2.75) is 51.7 Å². The summed E-state index contributed by atoms with van der Waals surface area (Å²) < 4.78 is 12.7. The molecule has 0 bridgehead atoms. The zero-order valence-electron chi connectivity index (χ0n) is 32.8. The van der Waals surface area contributed by atoms with Crippen molar-refractivity contribution < 1.29 is 48.7 Å². The Kier molecular flexibility index (Phi) is 9.49. The number of carbonyl (C=O) groups excluding carboxylic acids is 2. The number of oxime groups is 1. The van der Waals surface area contributed by atoms with Crippen LogP contribution in [0.4, 0.5) is 22.7 Å². The number of hydrogen-bond acceptors (Lipinski definition) is 18. The molecule has 0 fully saturated rings. The normalized spacial score (nSPS) is 16.1. The summed E-state index contributed by atoms with van der Waals surface area (Å²) in [6.45, 7) is 2.68. The van der Waals surface area contributed by atoms with Gasteiger partial charge in [0.15, 0.2) is 0 Å². The molecular formula is C39H30N8O15. The van der Waals surface area contributed by atoms with Gasteiger partial charge >= 0.3 is 11.9 Å². The lowest BCUT2D eigenvalue weighted by molar-refractivity contribution is -0.395. The summed E-state index contributed by atoms with van der Waals surface area (Å²) in [4.78, 5) is 97.9. The fourth-order valence-corrected chi connectivity index (χ4v) is 8.03. The topological polar surface area (TPSA) is 305 Å². The van der Waals surface area contributed by atoms with Gasteiger partial charge < -0.3 is 28.9 Å².